The van der Waals surface area contributed by atoms with Gasteiger partial charge in [0, 0.05) is 16.7 Å². The lowest BCUT2D eigenvalue weighted by atomic mass is 10.2. The number of nitrogens with one attached hydrogen (secondary N) is 2. The van der Waals surface area contributed by atoms with E-state index in [9.17, 15) is 4.79 Å². The first-order chi connectivity index (χ1) is 7.99. The second-order valence-corrected chi connectivity index (χ2v) is 4.89. The van der Waals surface area contributed by atoms with Crippen LogP contribution in [0.2, 0.25) is 0 Å². The van der Waals surface area contributed by atoms with Crippen LogP contribution in [0.1, 0.15) is 18.9 Å². The zero-order valence-electron chi connectivity index (χ0n) is 9.96. The molecule has 1 aromatic rings. The van der Waals surface area contributed by atoms with Crippen molar-refractivity contribution in [2.75, 3.05) is 11.9 Å². The highest BCUT2D eigenvalue weighted by molar-refractivity contribution is 9.10. The molecule has 0 aliphatic heterocycles. The molecule has 94 valence electrons. The minimum absolute atomic E-state index is 0.254. The molecule has 0 saturated carbocycles. The van der Waals surface area contributed by atoms with Gasteiger partial charge in [-0.05, 0) is 44.0 Å². The third kappa shape index (κ3) is 5.19. The van der Waals surface area contributed by atoms with Crippen molar-refractivity contribution in [2.24, 2.45) is 0 Å². The van der Waals surface area contributed by atoms with Crippen LogP contribution in [-0.2, 0) is 0 Å². The molecule has 0 spiro atoms. The summed E-state index contributed by atoms with van der Waals surface area (Å²) in [7, 11) is 0. The highest BCUT2D eigenvalue weighted by Gasteiger charge is 2.04. The molecule has 2 amide bonds. The molecule has 1 unspecified atom stereocenters. The van der Waals surface area contributed by atoms with Crippen LogP contribution in [0.4, 0.5) is 10.5 Å². The van der Waals surface area contributed by atoms with E-state index in [1.54, 1.807) is 6.92 Å². The first kappa shape index (κ1) is 14.0. The monoisotopic (exact) mass is 300 g/mol. The van der Waals surface area contributed by atoms with E-state index in [2.05, 4.69) is 26.6 Å². The Bertz CT molecular complexity index is 394. The molecule has 4 nitrogen and oxygen atoms in total. The number of aliphatic hydroxyl groups excluding tert-OH is 1. The summed E-state index contributed by atoms with van der Waals surface area (Å²) < 4.78 is 0.982. The highest BCUT2D eigenvalue weighted by Crippen LogP contribution is 2.19. The van der Waals surface area contributed by atoms with Crippen LogP contribution in [0, 0.1) is 6.92 Å². The Hall–Kier alpha value is -1.07. The van der Waals surface area contributed by atoms with Gasteiger partial charge in [0.2, 0.25) is 0 Å². The van der Waals surface area contributed by atoms with Gasteiger partial charge in [0.1, 0.15) is 0 Å². The molecule has 0 bridgehead atoms. The number of hydrogen-bond donors (Lipinski definition) is 3. The quantitative estimate of drug-likeness (QED) is 0.800. The topological polar surface area (TPSA) is 61.4 Å². The zero-order chi connectivity index (χ0) is 12.8. The van der Waals surface area contributed by atoms with E-state index in [1.807, 2.05) is 25.1 Å². The Balaban J connectivity index is 2.45. The molecule has 1 aromatic carbocycles. The molecule has 0 heterocycles. The molecule has 0 saturated heterocycles. The second-order valence-electron chi connectivity index (χ2n) is 3.98. The van der Waals surface area contributed by atoms with Crippen molar-refractivity contribution < 1.29 is 9.90 Å². The maximum atomic E-state index is 11.5. The summed E-state index contributed by atoms with van der Waals surface area (Å²) in [5.74, 6) is 0. The number of rotatable bonds is 4. The standard InChI is InChI=1S/C12H17BrN2O2/c1-8-7-10(13)3-4-11(8)15-12(17)14-6-5-9(2)16/h3-4,7,9,16H,5-6H2,1-2H3,(H2,14,15,17). The number of amides is 2. The first-order valence-corrected chi connectivity index (χ1v) is 6.27. The Labute approximate surface area is 110 Å². The largest absolute Gasteiger partial charge is 0.393 e. The van der Waals surface area contributed by atoms with Crippen LogP contribution in [0.25, 0.3) is 0 Å². The van der Waals surface area contributed by atoms with Crippen LogP contribution in [-0.4, -0.2) is 23.8 Å². The first-order valence-electron chi connectivity index (χ1n) is 5.48. The molecule has 0 aromatic heterocycles. The van der Waals surface area contributed by atoms with Crippen LogP contribution in [0.15, 0.2) is 22.7 Å². The molecule has 3 N–H and O–H groups in total. The molecule has 0 radical (unpaired) electrons. The Morgan fingerprint density at radius 2 is 2.24 bits per heavy atom. The Morgan fingerprint density at radius 3 is 2.82 bits per heavy atom. The van der Waals surface area contributed by atoms with Gasteiger partial charge in [0.15, 0.2) is 0 Å². The van der Waals surface area contributed by atoms with Crippen molar-refractivity contribution in [3.63, 3.8) is 0 Å². The van der Waals surface area contributed by atoms with Crippen molar-refractivity contribution in [3.8, 4) is 0 Å². The number of hydrogen-bond acceptors (Lipinski definition) is 2. The van der Waals surface area contributed by atoms with Crippen LogP contribution < -0.4 is 10.6 Å². The van der Waals surface area contributed by atoms with E-state index in [0.29, 0.717) is 13.0 Å². The van der Waals surface area contributed by atoms with Crippen LogP contribution in [0.5, 0.6) is 0 Å². The minimum atomic E-state index is -0.398. The van der Waals surface area contributed by atoms with E-state index in [4.69, 9.17) is 5.11 Å². The van der Waals surface area contributed by atoms with E-state index in [-0.39, 0.29) is 6.03 Å². The molecule has 0 fully saturated rings. The minimum Gasteiger partial charge on any atom is -0.393 e. The third-order valence-electron chi connectivity index (χ3n) is 2.28. The smallest absolute Gasteiger partial charge is 0.319 e. The zero-order valence-corrected chi connectivity index (χ0v) is 11.5. The van der Waals surface area contributed by atoms with Crippen LogP contribution >= 0.6 is 15.9 Å². The Kier molecular flexibility index (Phi) is 5.44. The molecule has 0 aliphatic carbocycles. The summed E-state index contributed by atoms with van der Waals surface area (Å²) in [5.41, 5.74) is 1.77. The van der Waals surface area contributed by atoms with Crippen molar-refractivity contribution in [1.82, 2.24) is 5.32 Å². The predicted octanol–water partition coefficient (Wildman–Crippen LogP) is 2.65. The molecule has 0 aliphatic rings. The number of carbonyl (C=O) groups excluding carboxylic acids is 1. The van der Waals surface area contributed by atoms with E-state index < -0.39 is 6.10 Å². The SMILES string of the molecule is Cc1cc(Br)ccc1NC(=O)NCCC(C)O. The summed E-state index contributed by atoms with van der Waals surface area (Å²) in [5, 5.41) is 14.5. The van der Waals surface area contributed by atoms with Gasteiger partial charge in [-0.15, -0.1) is 0 Å². The van der Waals surface area contributed by atoms with Crippen molar-refractivity contribution in [3.05, 3.63) is 28.2 Å². The summed E-state index contributed by atoms with van der Waals surface area (Å²) in [6, 6.07) is 5.40. The van der Waals surface area contributed by atoms with Gasteiger partial charge in [0.25, 0.3) is 0 Å². The number of carbonyl (C=O) groups is 1. The third-order valence-corrected chi connectivity index (χ3v) is 2.78. The predicted molar refractivity (Wildman–Crippen MR) is 72.2 cm³/mol. The molecule has 1 atom stereocenters. The highest BCUT2D eigenvalue weighted by atomic mass is 79.9. The number of urea groups is 1. The summed E-state index contributed by atoms with van der Waals surface area (Å²) in [4.78, 5) is 11.5. The van der Waals surface area contributed by atoms with Gasteiger partial charge in [-0.1, -0.05) is 15.9 Å². The van der Waals surface area contributed by atoms with Crippen molar-refractivity contribution in [1.29, 1.82) is 0 Å². The lowest BCUT2D eigenvalue weighted by molar-refractivity contribution is 0.184. The van der Waals surface area contributed by atoms with Gasteiger partial charge >= 0.3 is 6.03 Å². The summed E-state index contributed by atoms with van der Waals surface area (Å²) >= 11 is 3.36. The normalized spacial score (nSPS) is 12.0. The maximum absolute atomic E-state index is 11.5. The number of halogens is 1. The fourth-order valence-corrected chi connectivity index (χ4v) is 1.80. The lowest BCUT2D eigenvalue weighted by Gasteiger charge is -2.10. The van der Waals surface area contributed by atoms with Gasteiger partial charge in [-0.25, -0.2) is 4.79 Å². The molecule has 5 heteroatoms. The number of aliphatic hydroxyl groups is 1. The van der Waals surface area contributed by atoms with Gasteiger partial charge in [0.05, 0.1) is 6.10 Å². The lowest BCUT2D eigenvalue weighted by Crippen LogP contribution is -2.31. The average Bonchev–Trinajstić information content (AvgIpc) is 2.21. The van der Waals surface area contributed by atoms with Gasteiger partial charge < -0.3 is 15.7 Å². The maximum Gasteiger partial charge on any atom is 0.319 e. The molecular weight excluding hydrogens is 284 g/mol. The number of aryl methyl sites for hydroxylation is 1. The van der Waals surface area contributed by atoms with Crippen molar-refractivity contribution >= 4 is 27.6 Å². The fourth-order valence-electron chi connectivity index (χ4n) is 1.33. The number of benzene rings is 1. The van der Waals surface area contributed by atoms with Crippen LogP contribution in [0.3, 0.4) is 0 Å². The van der Waals surface area contributed by atoms with E-state index >= 15 is 0 Å². The molecular formula is C12H17BrN2O2. The van der Waals surface area contributed by atoms with Gasteiger partial charge in [-0.3, -0.25) is 0 Å². The molecule has 1 rings (SSSR count). The summed E-state index contributed by atoms with van der Waals surface area (Å²) in [6.45, 7) is 4.08. The van der Waals surface area contributed by atoms with E-state index in [0.717, 1.165) is 15.7 Å². The molecule has 17 heavy (non-hydrogen) atoms. The second kappa shape index (κ2) is 6.61. The Morgan fingerprint density at radius 1 is 1.53 bits per heavy atom. The van der Waals surface area contributed by atoms with Crippen molar-refractivity contribution in [2.45, 2.75) is 26.4 Å². The summed E-state index contributed by atoms with van der Waals surface area (Å²) in [6.07, 6.45) is 0.150. The van der Waals surface area contributed by atoms with E-state index in [1.165, 1.54) is 0 Å². The van der Waals surface area contributed by atoms with Gasteiger partial charge in [-0.2, -0.15) is 0 Å². The number of anilines is 1. The average molecular weight is 301 g/mol. The fraction of sp³-hybridized carbons (Fsp3) is 0.417.